The van der Waals surface area contributed by atoms with Gasteiger partial charge in [-0.15, -0.1) is 0 Å². The number of rotatable bonds is 3. The van der Waals surface area contributed by atoms with E-state index in [0.717, 1.165) is 24.3 Å². The summed E-state index contributed by atoms with van der Waals surface area (Å²) < 4.78 is 5.35. The van der Waals surface area contributed by atoms with Gasteiger partial charge in [0.1, 0.15) is 6.10 Å². The molecule has 0 amide bonds. The molecule has 1 saturated heterocycles. The Labute approximate surface area is 109 Å². The van der Waals surface area contributed by atoms with Gasteiger partial charge in [0, 0.05) is 5.75 Å². The Kier molecular flexibility index (Phi) is 4.25. The maximum atomic E-state index is 11.9. The van der Waals surface area contributed by atoms with Crippen molar-refractivity contribution in [2.24, 2.45) is 0 Å². The average Bonchev–Trinajstić information content (AvgIpc) is 2.40. The first-order valence-corrected chi connectivity index (χ1v) is 6.95. The topological polar surface area (TPSA) is 63.6 Å². The van der Waals surface area contributed by atoms with Gasteiger partial charge in [-0.1, -0.05) is 12.1 Å². The number of hydrogen-bond donors (Lipinski definition) is 1. The predicted molar refractivity (Wildman–Crippen MR) is 69.2 cm³/mol. The summed E-state index contributed by atoms with van der Waals surface area (Å²) in [6, 6.07) is 6.13. The average molecular weight is 266 g/mol. The van der Waals surface area contributed by atoms with Gasteiger partial charge in [0.15, 0.2) is 0 Å². The zero-order valence-electron chi connectivity index (χ0n) is 9.80. The van der Waals surface area contributed by atoms with E-state index < -0.39 is 11.9 Å². The summed E-state index contributed by atoms with van der Waals surface area (Å²) in [5.41, 5.74) is 0.117. The summed E-state index contributed by atoms with van der Waals surface area (Å²) in [4.78, 5) is 22.9. The van der Waals surface area contributed by atoms with Crippen molar-refractivity contribution in [2.75, 3.05) is 11.5 Å². The van der Waals surface area contributed by atoms with E-state index in [0.29, 0.717) is 0 Å². The highest BCUT2D eigenvalue weighted by molar-refractivity contribution is 7.99. The first kappa shape index (κ1) is 13.0. The van der Waals surface area contributed by atoms with Crippen molar-refractivity contribution < 1.29 is 19.4 Å². The summed E-state index contributed by atoms with van der Waals surface area (Å²) in [6.07, 6.45) is 1.79. The highest BCUT2D eigenvalue weighted by atomic mass is 32.2. The smallest absolute Gasteiger partial charge is 0.339 e. The molecule has 1 aliphatic heterocycles. The number of hydrogen-bond acceptors (Lipinski definition) is 4. The molecule has 1 heterocycles. The van der Waals surface area contributed by atoms with Crippen LogP contribution in [0.5, 0.6) is 0 Å². The van der Waals surface area contributed by atoms with Crippen LogP contribution in [0.3, 0.4) is 0 Å². The molecule has 1 aromatic rings. The second kappa shape index (κ2) is 5.91. The Bertz CT molecular complexity index is 452. The lowest BCUT2D eigenvalue weighted by molar-refractivity contribution is 0.0322. The van der Waals surface area contributed by atoms with Gasteiger partial charge in [-0.25, -0.2) is 9.59 Å². The van der Waals surface area contributed by atoms with Crippen LogP contribution in [0.25, 0.3) is 0 Å². The standard InChI is InChI=1S/C13H14O4S/c14-12(15)10-5-1-2-6-11(10)13(16)17-9-4-3-7-18-8-9/h1-2,5-6,9H,3-4,7-8H2,(H,14,15). The van der Waals surface area contributed by atoms with Crippen molar-refractivity contribution in [2.45, 2.75) is 18.9 Å². The summed E-state index contributed by atoms with van der Waals surface area (Å²) in [6.45, 7) is 0. The van der Waals surface area contributed by atoms with E-state index in [4.69, 9.17) is 9.84 Å². The number of esters is 1. The Morgan fingerprint density at radius 2 is 2.00 bits per heavy atom. The summed E-state index contributed by atoms with van der Waals surface area (Å²) in [7, 11) is 0. The number of carbonyl (C=O) groups excluding carboxylic acids is 1. The fourth-order valence-electron chi connectivity index (χ4n) is 1.87. The second-order valence-corrected chi connectivity index (χ2v) is 5.25. The van der Waals surface area contributed by atoms with E-state index in [1.165, 1.54) is 12.1 Å². The lowest BCUT2D eigenvalue weighted by atomic mass is 10.1. The molecular formula is C13H14O4S. The van der Waals surface area contributed by atoms with Crippen LogP contribution in [0, 0.1) is 0 Å². The number of ether oxygens (including phenoxy) is 1. The predicted octanol–water partition coefficient (Wildman–Crippen LogP) is 2.44. The van der Waals surface area contributed by atoms with Gasteiger partial charge < -0.3 is 9.84 Å². The zero-order chi connectivity index (χ0) is 13.0. The highest BCUT2D eigenvalue weighted by Gasteiger charge is 2.22. The molecule has 0 aromatic heterocycles. The molecule has 1 fully saturated rings. The van der Waals surface area contributed by atoms with E-state index in [2.05, 4.69) is 0 Å². The molecule has 1 aromatic carbocycles. The van der Waals surface area contributed by atoms with Gasteiger partial charge in [0.2, 0.25) is 0 Å². The maximum absolute atomic E-state index is 11.9. The lowest BCUT2D eigenvalue weighted by Gasteiger charge is -2.21. The van der Waals surface area contributed by atoms with Crippen molar-refractivity contribution >= 4 is 23.7 Å². The SMILES string of the molecule is O=C(O)c1ccccc1C(=O)OC1CCCSC1. The summed E-state index contributed by atoms with van der Waals surface area (Å²) >= 11 is 1.76. The van der Waals surface area contributed by atoms with Crippen LogP contribution < -0.4 is 0 Å². The first-order valence-electron chi connectivity index (χ1n) is 5.79. The molecule has 0 spiro atoms. The third kappa shape index (κ3) is 3.04. The largest absolute Gasteiger partial charge is 0.478 e. The molecule has 2 rings (SSSR count). The fourth-order valence-corrected chi connectivity index (χ4v) is 2.90. The van der Waals surface area contributed by atoms with E-state index in [1.54, 1.807) is 23.9 Å². The molecule has 1 atom stereocenters. The molecule has 0 saturated carbocycles. The van der Waals surface area contributed by atoms with Crippen LogP contribution in [-0.2, 0) is 4.74 Å². The number of carboxylic acids is 1. The van der Waals surface area contributed by atoms with Crippen molar-refractivity contribution in [3.63, 3.8) is 0 Å². The van der Waals surface area contributed by atoms with Crippen molar-refractivity contribution in [3.8, 4) is 0 Å². The van der Waals surface area contributed by atoms with Crippen LogP contribution >= 0.6 is 11.8 Å². The number of thioether (sulfide) groups is 1. The quantitative estimate of drug-likeness (QED) is 0.851. The normalized spacial score (nSPS) is 19.2. The van der Waals surface area contributed by atoms with E-state index in [9.17, 15) is 9.59 Å². The maximum Gasteiger partial charge on any atom is 0.339 e. The minimum Gasteiger partial charge on any atom is -0.478 e. The molecule has 18 heavy (non-hydrogen) atoms. The number of carboxylic acid groups (broad SMARTS) is 1. The fraction of sp³-hybridized carbons (Fsp3) is 0.385. The minimum atomic E-state index is -1.11. The van der Waals surface area contributed by atoms with E-state index >= 15 is 0 Å². The van der Waals surface area contributed by atoms with Crippen molar-refractivity contribution in [3.05, 3.63) is 35.4 Å². The Hall–Kier alpha value is -1.49. The van der Waals surface area contributed by atoms with Crippen LogP contribution in [0.1, 0.15) is 33.6 Å². The van der Waals surface area contributed by atoms with E-state index in [1.807, 2.05) is 0 Å². The highest BCUT2D eigenvalue weighted by Crippen LogP contribution is 2.21. The summed E-state index contributed by atoms with van der Waals surface area (Å²) in [5.74, 6) is 0.238. The molecule has 4 nitrogen and oxygen atoms in total. The Morgan fingerprint density at radius 1 is 1.28 bits per heavy atom. The number of benzene rings is 1. The zero-order valence-corrected chi connectivity index (χ0v) is 10.6. The van der Waals surface area contributed by atoms with Gasteiger partial charge >= 0.3 is 11.9 Å². The van der Waals surface area contributed by atoms with E-state index in [-0.39, 0.29) is 17.2 Å². The van der Waals surface area contributed by atoms with Gasteiger partial charge in [-0.2, -0.15) is 11.8 Å². The van der Waals surface area contributed by atoms with Crippen molar-refractivity contribution in [1.82, 2.24) is 0 Å². The Balaban J connectivity index is 2.10. The molecule has 0 radical (unpaired) electrons. The van der Waals surface area contributed by atoms with Crippen molar-refractivity contribution in [1.29, 1.82) is 0 Å². The Morgan fingerprint density at radius 3 is 2.61 bits per heavy atom. The molecule has 1 N–H and O–H groups in total. The van der Waals surface area contributed by atoms with Crippen LogP contribution in [0.15, 0.2) is 24.3 Å². The summed E-state index contributed by atoms with van der Waals surface area (Å²) in [5, 5.41) is 9.01. The first-order chi connectivity index (χ1) is 8.68. The third-order valence-corrected chi connectivity index (χ3v) is 3.95. The molecule has 1 unspecified atom stereocenters. The number of aromatic carboxylic acids is 1. The lowest BCUT2D eigenvalue weighted by Crippen LogP contribution is -2.25. The number of carbonyl (C=O) groups is 2. The van der Waals surface area contributed by atoms with Crippen LogP contribution in [-0.4, -0.2) is 34.7 Å². The minimum absolute atomic E-state index is 0.00837. The molecule has 5 heteroatoms. The molecule has 1 aliphatic rings. The van der Waals surface area contributed by atoms with Crippen LogP contribution in [0.2, 0.25) is 0 Å². The van der Waals surface area contributed by atoms with Gasteiger partial charge in [0.05, 0.1) is 11.1 Å². The van der Waals surface area contributed by atoms with Gasteiger partial charge in [-0.05, 0) is 30.7 Å². The van der Waals surface area contributed by atoms with Gasteiger partial charge in [0.25, 0.3) is 0 Å². The van der Waals surface area contributed by atoms with Crippen LogP contribution in [0.4, 0.5) is 0 Å². The monoisotopic (exact) mass is 266 g/mol. The molecule has 96 valence electrons. The molecule has 0 bridgehead atoms. The van der Waals surface area contributed by atoms with Gasteiger partial charge in [-0.3, -0.25) is 0 Å². The second-order valence-electron chi connectivity index (χ2n) is 4.10. The third-order valence-electron chi connectivity index (χ3n) is 2.77. The molecular weight excluding hydrogens is 252 g/mol. The molecule has 0 aliphatic carbocycles.